The number of para-hydroxylation sites is 3. The van der Waals surface area contributed by atoms with Gasteiger partial charge in [-0.1, -0.05) is 24.3 Å². The van der Waals surface area contributed by atoms with E-state index >= 15 is 0 Å². The molecule has 0 unspecified atom stereocenters. The van der Waals surface area contributed by atoms with E-state index in [-0.39, 0.29) is 12.2 Å². The Morgan fingerprint density at radius 1 is 1.14 bits per heavy atom. The molecule has 21 heavy (non-hydrogen) atoms. The number of nitrogens with one attached hydrogen (secondary N) is 3. The Morgan fingerprint density at radius 2 is 1.90 bits per heavy atom. The Kier molecular flexibility index (Phi) is 3.51. The maximum atomic E-state index is 13.4. The molecule has 3 aromatic rings. The highest BCUT2D eigenvalue weighted by Gasteiger charge is 2.07. The number of fused-ring (bicyclic) bond motifs is 1. The first-order valence-electron chi connectivity index (χ1n) is 6.45. The van der Waals surface area contributed by atoms with Gasteiger partial charge in [0.15, 0.2) is 0 Å². The van der Waals surface area contributed by atoms with Crippen molar-refractivity contribution in [2.45, 2.75) is 6.54 Å². The molecule has 0 aliphatic heterocycles. The third kappa shape index (κ3) is 3.00. The zero-order chi connectivity index (χ0) is 14.7. The monoisotopic (exact) mass is 284 g/mol. The predicted octanol–water partition coefficient (Wildman–Crippen LogP) is 3.02. The van der Waals surface area contributed by atoms with Gasteiger partial charge in [-0.3, -0.25) is 0 Å². The number of aromatic nitrogens is 2. The second-order valence-corrected chi connectivity index (χ2v) is 4.49. The highest BCUT2D eigenvalue weighted by molar-refractivity contribution is 5.89. The van der Waals surface area contributed by atoms with Crippen LogP contribution in [0.5, 0.6) is 0 Å². The van der Waals surface area contributed by atoms with Crippen molar-refractivity contribution in [2.75, 3.05) is 5.32 Å². The van der Waals surface area contributed by atoms with Gasteiger partial charge in [-0.25, -0.2) is 14.2 Å². The molecule has 3 rings (SSSR count). The second-order valence-electron chi connectivity index (χ2n) is 4.49. The van der Waals surface area contributed by atoms with E-state index in [9.17, 15) is 9.18 Å². The molecule has 0 saturated heterocycles. The second kappa shape index (κ2) is 5.62. The quantitative estimate of drug-likeness (QED) is 0.692. The van der Waals surface area contributed by atoms with Crippen LogP contribution in [0.4, 0.5) is 14.9 Å². The fraction of sp³-hybridized carbons (Fsp3) is 0.0667. The Balaban J connectivity index is 1.62. The lowest BCUT2D eigenvalue weighted by Gasteiger charge is -2.06. The third-order valence-corrected chi connectivity index (χ3v) is 2.98. The van der Waals surface area contributed by atoms with E-state index in [2.05, 4.69) is 20.6 Å². The van der Waals surface area contributed by atoms with E-state index in [1.807, 2.05) is 24.3 Å². The van der Waals surface area contributed by atoms with Gasteiger partial charge in [-0.15, -0.1) is 0 Å². The number of carbonyl (C=O) groups excluding carboxylic acids is 1. The van der Waals surface area contributed by atoms with Crippen LogP contribution in [0.2, 0.25) is 0 Å². The van der Waals surface area contributed by atoms with Crippen LogP contribution in [0.25, 0.3) is 11.0 Å². The number of amides is 2. The summed E-state index contributed by atoms with van der Waals surface area (Å²) in [6.07, 6.45) is 0. The Morgan fingerprint density at radius 3 is 2.71 bits per heavy atom. The van der Waals surface area contributed by atoms with Gasteiger partial charge in [0.05, 0.1) is 23.3 Å². The average Bonchev–Trinajstić information content (AvgIpc) is 2.90. The molecule has 2 aromatic carbocycles. The zero-order valence-corrected chi connectivity index (χ0v) is 11.1. The molecule has 5 nitrogen and oxygen atoms in total. The van der Waals surface area contributed by atoms with Crippen molar-refractivity contribution in [1.29, 1.82) is 0 Å². The summed E-state index contributed by atoms with van der Waals surface area (Å²) in [4.78, 5) is 19.2. The Labute approximate surface area is 120 Å². The predicted molar refractivity (Wildman–Crippen MR) is 78.4 cm³/mol. The highest BCUT2D eigenvalue weighted by Crippen LogP contribution is 2.12. The number of benzene rings is 2. The van der Waals surface area contributed by atoms with Gasteiger partial charge in [0.1, 0.15) is 11.6 Å². The first kappa shape index (κ1) is 13.1. The van der Waals surface area contributed by atoms with Crippen molar-refractivity contribution in [3.05, 3.63) is 60.2 Å². The molecule has 1 aromatic heterocycles. The summed E-state index contributed by atoms with van der Waals surface area (Å²) in [5.41, 5.74) is 1.88. The topological polar surface area (TPSA) is 69.8 Å². The molecule has 3 N–H and O–H groups in total. The number of urea groups is 1. The van der Waals surface area contributed by atoms with E-state index in [1.165, 1.54) is 12.1 Å². The SMILES string of the molecule is O=C(NCc1nc2ccccc2[nH]1)Nc1ccccc1F. The zero-order valence-electron chi connectivity index (χ0n) is 11.1. The van der Waals surface area contributed by atoms with Crippen molar-refractivity contribution in [2.24, 2.45) is 0 Å². The number of H-pyrrole nitrogens is 1. The molecule has 0 aliphatic carbocycles. The largest absolute Gasteiger partial charge is 0.340 e. The molecule has 0 saturated carbocycles. The van der Waals surface area contributed by atoms with Gasteiger partial charge in [0, 0.05) is 0 Å². The Hall–Kier alpha value is -2.89. The fourth-order valence-electron chi connectivity index (χ4n) is 1.98. The van der Waals surface area contributed by atoms with E-state index in [0.29, 0.717) is 5.82 Å². The summed E-state index contributed by atoms with van der Waals surface area (Å²) in [6, 6.07) is 13.1. The van der Waals surface area contributed by atoms with Gasteiger partial charge >= 0.3 is 6.03 Å². The van der Waals surface area contributed by atoms with Crippen LogP contribution in [0.15, 0.2) is 48.5 Å². The maximum Gasteiger partial charge on any atom is 0.319 e. The van der Waals surface area contributed by atoms with Crippen LogP contribution >= 0.6 is 0 Å². The van der Waals surface area contributed by atoms with E-state index in [4.69, 9.17) is 0 Å². The maximum absolute atomic E-state index is 13.4. The molecule has 0 bridgehead atoms. The number of nitrogens with zero attached hydrogens (tertiary/aromatic N) is 1. The van der Waals surface area contributed by atoms with Crippen LogP contribution in [-0.4, -0.2) is 16.0 Å². The molecule has 0 fully saturated rings. The molecule has 0 aliphatic rings. The normalized spacial score (nSPS) is 10.5. The van der Waals surface area contributed by atoms with Crippen molar-refractivity contribution in [3.63, 3.8) is 0 Å². The smallest absolute Gasteiger partial charge is 0.319 e. The lowest BCUT2D eigenvalue weighted by atomic mass is 10.3. The average molecular weight is 284 g/mol. The van der Waals surface area contributed by atoms with Crippen LogP contribution < -0.4 is 10.6 Å². The number of hydrogen-bond acceptors (Lipinski definition) is 2. The summed E-state index contributed by atoms with van der Waals surface area (Å²) in [7, 11) is 0. The molecule has 0 atom stereocenters. The number of halogens is 1. The molecular formula is C15H13FN4O. The molecular weight excluding hydrogens is 271 g/mol. The summed E-state index contributed by atoms with van der Waals surface area (Å²) >= 11 is 0. The van der Waals surface area contributed by atoms with Gasteiger partial charge in [0.25, 0.3) is 0 Å². The van der Waals surface area contributed by atoms with Crippen LogP contribution in [0.1, 0.15) is 5.82 Å². The number of imidazole rings is 1. The first-order valence-corrected chi connectivity index (χ1v) is 6.45. The lowest BCUT2D eigenvalue weighted by Crippen LogP contribution is -2.28. The number of carbonyl (C=O) groups is 1. The fourth-order valence-corrected chi connectivity index (χ4v) is 1.98. The van der Waals surface area contributed by atoms with E-state index < -0.39 is 11.8 Å². The molecule has 2 amide bonds. The number of anilines is 1. The highest BCUT2D eigenvalue weighted by atomic mass is 19.1. The minimum Gasteiger partial charge on any atom is -0.340 e. The van der Waals surface area contributed by atoms with Gasteiger partial charge < -0.3 is 15.6 Å². The number of aromatic amines is 1. The molecule has 0 radical (unpaired) electrons. The molecule has 6 heteroatoms. The van der Waals surface area contributed by atoms with Crippen molar-refractivity contribution in [3.8, 4) is 0 Å². The molecule has 0 spiro atoms. The van der Waals surface area contributed by atoms with Gasteiger partial charge in [-0.05, 0) is 24.3 Å². The van der Waals surface area contributed by atoms with E-state index in [0.717, 1.165) is 11.0 Å². The standard InChI is InChI=1S/C15H13FN4O/c16-10-5-1-2-6-11(10)20-15(21)17-9-14-18-12-7-3-4-8-13(12)19-14/h1-8H,9H2,(H,18,19)(H2,17,20,21). The Bertz CT molecular complexity index is 751. The van der Waals surface area contributed by atoms with Crippen molar-refractivity contribution in [1.82, 2.24) is 15.3 Å². The van der Waals surface area contributed by atoms with Crippen molar-refractivity contribution >= 4 is 22.8 Å². The minimum absolute atomic E-state index is 0.139. The van der Waals surface area contributed by atoms with Crippen LogP contribution in [0.3, 0.4) is 0 Å². The molecule has 106 valence electrons. The van der Waals surface area contributed by atoms with Gasteiger partial charge in [0.2, 0.25) is 0 Å². The van der Waals surface area contributed by atoms with Crippen molar-refractivity contribution < 1.29 is 9.18 Å². The third-order valence-electron chi connectivity index (χ3n) is 2.98. The van der Waals surface area contributed by atoms with Gasteiger partial charge in [-0.2, -0.15) is 0 Å². The van der Waals surface area contributed by atoms with Crippen LogP contribution in [-0.2, 0) is 6.54 Å². The summed E-state index contributed by atoms with van der Waals surface area (Å²) < 4.78 is 13.4. The summed E-state index contributed by atoms with van der Waals surface area (Å²) in [6.45, 7) is 0.231. The van der Waals surface area contributed by atoms with E-state index in [1.54, 1.807) is 12.1 Å². The summed E-state index contributed by atoms with van der Waals surface area (Å²) in [5, 5.41) is 5.07. The first-order chi connectivity index (χ1) is 10.2. The lowest BCUT2D eigenvalue weighted by molar-refractivity contribution is 0.251. The minimum atomic E-state index is -0.486. The number of rotatable bonds is 3. The number of hydrogen-bond donors (Lipinski definition) is 3. The summed E-state index contributed by atoms with van der Waals surface area (Å²) in [5.74, 6) is 0.163. The van der Waals surface area contributed by atoms with Crippen LogP contribution in [0, 0.1) is 5.82 Å². The molecule has 1 heterocycles.